The van der Waals surface area contributed by atoms with E-state index in [9.17, 15) is 4.79 Å². The van der Waals surface area contributed by atoms with Crippen LogP contribution in [-0.2, 0) is 11.3 Å². The lowest BCUT2D eigenvalue weighted by atomic mass is 9.92. The van der Waals surface area contributed by atoms with Crippen molar-refractivity contribution in [1.29, 1.82) is 0 Å². The van der Waals surface area contributed by atoms with E-state index in [0.29, 0.717) is 19.5 Å². The zero-order valence-corrected chi connectivity index (χ0v) is 11.9. The fourth-order valence-corrected chi connectivity index (χ4v) is 1.66. The van der Waals surface area contributed by atoms with Gasteiger partial charge in [0.05, 0.1) is 6.54 Å². The van der Waals surface area contributed by atoms with E-state index >= 15 is 0 Å². The number of nitrogens with two attached hydrogens (primary N) is 1. The Morgan fingerprint density at radius 3 is 2.74 bits per heavy atom. The lowest BCUT2D eigenvalue weighted by Crippen LogP contribution is -2.27. The third-order valence-corrected chi connectivity index (χ3v) is 2.44. The van der Waals surface area contributed by atoms with Crippen molar-refractivity contribution in [1.82, 2.24) is 5.32 Å². The highest BCUT2D eigenvalue weighted by molar-refractivity contribution is 5.76. The van der Waals surface area contributed by atoms with Crippen LogP contribution >= 0.6 is 0 Å². The minimum atomic E-state index is 0.0124. The highest BCUT2D eigenvalue weighted by Gasteiger charge is 2.15. The van der Waals surface area contributed by atoms with E-state index in [1.807, 2.05) is 24.3 Å². The largest absolute Gasteiger partial charge is 0.352 e. The molecule has 102 valence electrons. The Morgan fingerprint density at radius 2 is 2.11 bits per heavy atom. The lowest BCUT2D eigenvalue weighted by molar-refractivity contribution is -0.122. The standard InChI is InChI=1S/C16H22N2O/c1-16(2,3)11-15(19)18-12-14-7-4-6-13(10-14)8-5-9-17/h4,6-7,10H,9,11-12,17H2,1-3H3,(H,18,19). The van der Waals surface area contributed by atoms with Crippen LogP contribution in [0.15, 0.2) is 24.3 Å². The molecule has 1 amide bonds. The molecule has 0 radical (unpaired) electrons. The summed E-state index contributed by atoms with van der Waals surface area (Å²) in [5.74, 6) is 5.88. The maximum atomic E-state index is 11.7. The van der Waals surface area contributed by atoms with Crippen LogP contribution in [0.2, 0.25) is 0 Å². The molecule has 19 heavy (non-hydrogen) atoms. The van der Waals surface area contributed by atoms with Gasteiger partial charge in [-0.3, -0.25) is 4.79 Å². The SMILES string of the molecule is CC(C)(C)CC(=O)NCc1cccc(C#CCN)c1. The summed E-state index contributed by atoms with van der Waals surface area (Å²) in [6, 6.07) is 7.82. The van der Waals surface area contributed by atoms with Gasteiger partial charge in [0.15, 0.2) is 0 Å². The van der Waals surface area contributed by atoms with Gasteiger partial charge in [0, 0.05) is 18.5 Å². The van der Waals surface area contributed by atoms with Gasteiger partial charge in [-0.15, -0.1) is 0 Å². The zero-order chi connectivity index (χ0) is 14.3. The Balaban J connectivity index is 2.56. The van der Waals surface area contributed by atoms with E-state index in [4.69, 9.17) is 5.73 Å². The van der Waals surface area contributed by atoms with Gasteiger partial charge >= 0.3 is 0 Å². The van der Waals surface area contributed by atoms with Crippen molar-refractivity contribution < 1.29 is 4.79 Å². The summed E-state index contributed by atoms with van der Waals surface area (Å²) in [5, 5.41) is 2.93. The molecule has 3 nitrogen and oxygen atoms in total. The molecule has 0 saturated carbocycles. The zero-order valence-electron chi connectivity index (χ0n) is 11.9. The fraction of sp³-hybridized carbons (Fsp3) is 0.438. The van der Waals surface area contributed by atoms with Gasteiger partial charge in [0.1, 0.15) is 0 Å². The van der Waals surface area contributed by atoms with Gasteiger partial charge in [0.2, 0.25) is 5.91 Å². The Bertz CT molecular complexity index is 489. The molecular formula is C16H22N2O. The molecule has 1 aromatic carbocycles. The minimum absolute atomic E-state index is 0.0124. The number of rotatable bonds is 3. The average molecular weight is 258 g/mol. The third kappa shape index (κ3) is 6.64. The summed E-state index contributed by atoms with van der Waals surface area (Å²) in [6.45, 7) is 7.04. The van der Waals surface area contributed by atoms with Crippen LogP contribution in [0.5, 0.6) is 0 Å². The third-order valence-electron chi connectivity index (χ3n) is 2.44. The van der Waals surface area contributed by atoms with Gasteiger partial charge in [-0.25, -0.2) is 0 Å². The normalized spacial score (nSPS) is 10.5. The van der Waals surface area contributed by atoms with Gasteiger partial charge in [-0.2, -0.15) is 0 Å². The van der Waals surface area contributed by atoms with Crippen molar-refractivity contribution in [2.24, 2.45) is 11.1 Å². The summed E-state index contributed by atoms with van der Waals surface area (Å²) in [4.78, 5) is 11.7. The number of hydrogen-bond acceptors (Lipinski definition) is 2. The molecular weight excluding hydrogens is 236 g/mol. The van der Waals surface area contributed by atoms with Gasteiger partial charge in [-0.1, -0.05) is 44.7 Å². The van der Waals surface area contributed by atoms with Crippen molar-refractivity contribution in [3.8, 4) is 11.8 Å². The van der Waals surface area contributed by atoms with Crippen molar-refractivity contribution in [2.75, 3.05) is 6.54 Å². The van der Waals surface area contributed by atoms with Crippen molar-refractivity contribution in [3.63, 3.8) is 0 Å². The van der Waals surface area contributed by atoms with Gasteiger partial charge in [0.25, 0.3) is 0 Å². The summed E-state index contributed by atoms with van der Waals surface area (Å²) >= 11 is 0. The number of carbonyl (C=O) groups is 1. The molecule has 0 bridgehead atoms. The fourth-order valence-electron chi connectivity index (χ4n) is 1.66. The predicted octanol–water partition coefficient (Wildman–Crippen LogP) is 2.05. The first-order valence-electron chi connectivity index (χ1n) is 6.45. The van der Waals surface area contributed by atoms with Crippen LogP contribution < -0.4 is 11.1 Å². The van der Waals surface area contributed by atoms with E-state index < -0.39 is 0 Å². The van der Waals surface area contributed by atoms with E-state index in [1.54, 1.807) is 0 Å². The molecule has 0 heterocycles. The number of amides is 1. The molecule has 0 saturated heterocycles. The molecule has 0 spiro atoms. The topological polar surface area (TPSA) is 55.1 Å². The maximum Gasteiger partial charge on any atom is 0.220 e. The number of nitrogens with one attached hydrogen (secondary N) is 1. The molecule has 1 rings (SSSR count). The van der Waals surface area contributed by atoms with E-state index in [-0.39, 0.29) is 11.3 Å². The van der Waals surface area contributed by atoms with E-state index in [1.165, 1.54) is 0 Å². The Hall–Kier alpha value is -1.79. The first kappa shape index (κ1) is 15.3. The monoisotopic (exact) mass is 258 g/mol. The molecule has 3 heteroatoms. The van der Waals surface area contributed by atoms with Crippen molar-refractivity contribution in [3.05, 3.63) is 35.4 Å². The van der Waals surface area contributed by atoms with Crippen molar-refractivity contribution in [2.45, 2.75) is 33.7 Å². The minimum Gasteiger partial charge on any atom is -0.352 e. The average Bonchev–Trinajstić information content (AvgIpc) is 2.32. The maximum absolute atomic E-state index is 11.7. The summed E-state index contributed by atoms with van der Waals surface area (Å²) in [5.41, 5.74) is 7.32. The smallest absolute Gasteiger partial charge is 0.220 e. The predicted molar refractivity (Wildman–Crippen MR) is 78.3 cm³/mol. The van der Waals surface area contributed by atoms with Gasteiger partial charge < -0.3 is 11.1 Å². The Morgan fingerprint density at radius 1 is 1.37 bits per heavy atom. The Kier molecular flexibility index (Phi) is 5.59. The van der Waals surface area contributed by atoms with E-state index in [0.717, 1.165) is 11.1 Å². The molecule has 3 N–H and O–H groups in total. The first-order valence-corrected chi connectivity index (χ1v) is 6.45. The van der Waals surface area contributed by atoms with Crippen molar-refractivity contribution >= 4 is 5.91 Å². The molecule has 0 aliphatic carbocycles. The molecule has 0 unspecified atom stereocenters. The van der Waals surface area contributed by atoms with Crippen LogP contribution in [0.1, 0.15) is 38.3 Å². The van der Waals surface area contributed by atoms with Crippen LogP contribution in [0, 0.1) is 17.3 Å². The second-order valence-corrected chi connectivity index (χ2v) is 5.72. The van der Waals surface area contributed by atoms with Crippen LogP contribution in [-0.4, -0.2) is 12.5 Å². The quantitative estimate of drug-likeness (QED) is 0.815. The second kappa shape index (κ2) is 6.96. The lowest BCUT2D eigenvalue weighted by Gasteiger charge is -2.17. The second-order valence-electron chi connectivity index (χ2n) is 5.72. The van der Waals surface area contributed by atoms with Crippen LogP contribution in [0.3, 0.4) is 0 Å². The number of hydrogen-bond donors (Lipinski definition) is 2. The summed E-state index contributed by atoms with van der Waals surface area (Å²) in [7, 11) is 0. The molecule has 0 atom stereocenters. The van der Waals surface area contributed by atoms with Crippen LogP contribution in [0.25, 0.3) is 0 Å². The molecule has 0 aliphatic heterocycles. The van der Waals surface area contributed by atoms with E-state index in [2.05, 4.69) is 37.9 Å². The molecule has 0 fully saturated rings. The Labute approximate surface area is 115 Å². The first-order chi connectivity index (χ1) is 8.90. The summed E-state index contributed by atoms with van der Waals surface area (Å²) in [6.07, 6.45) is 0.527. The molecule has 0 aromatic heterocycles. The number of benzene rings is 1. The molecule has 0 aliphatic rings. The van der Waals surface area contributed by atoms with Crippen LogP contribution in [0.4, 0.5) is 0 Å². The highest BCUT2D eigenvalue weighted by atomic mass is 16.1. The van der Waals surface area contributed by atoms with Gasteiger partial charge in [-0.05, 0) is 23.1 Å². The highest BCUT2D eigenvalue weighted by Crippen LogP contribution is 2.17. The molecule has 1 aromatic rings. The summed E-state index contributed by atoms with van der Waals surface area (Å²) < 4.78 is 0. The number of carbonyl (C=O) groups excluding carboxylic acids is 1.